The lowest BCUT2D eigenvalue weighted by molar-refractivity contribution is 0.104. The number of hydrogen-bond acceptors (Lipinski definition) is 3. The smallest absolute Gasteiger partial charge is 0.185 e. The first-order valence-electron chi connectivity index (χ1n) is 9.21. The normalized spacial score (nSPS) is 11.1. The van der Waals surface area contributed by atoms with Gasteiger partial charge in [-0.15, -0.1) is 0 Å². The SMILES string of the molecule is O=C(/C=C/c1ccc(COc2cccc(Cl)c2Cl)o1)c1ccc(-n2cccc2)cc1. The molecule has 0 unspecified atom stereocenters. The van der Waals surface area contributed by atoms with Gasteiger partial charge in [-0.05, 0) is 72.8 Å². The maximum absolute atomic E-state index is 12.4. The van der Waals surface area contributed by atoms with Gasteiger partial charge in [0, 0.05) is 23.6 Å². The summed E-state index contributed by atoms with van der Waals surface area (Å²) in [5, 5.41) is 0.788. The number of hydrogen-bond donors (Lipinski definition) is 0. The van der Waals surface area contributed by atoms with Crippen molar-refractivity contribution in [1.82, 2.24) is 4.57 Å². The van der Waals surface area contributed by atoms with Gasteiger partial charge in [0.1, 0.15) is 28.9 Å². The lowest BCUT2D eigenvalue weighted by Crippen LogP contribution is -1.96. The Balaban J connectivity index is 1.37. The van der Waals surface area contributed by atoms with Crippen molar-refractivity contribution in [3.8, 4) is 11.4 Å². The van der Waals surface area contributed by atoms with E-state index in [0.717, 1.165) is 5.69 Å². The van der Waals surface area contributed by atoms with Crippen LogP contribution in [-0.2, 0) is 6.61 Å². The summed E-state index contributed by atoms with van der Waals surface area (Å²) in [4.78, 5) is 12.4. The van der Waals surface area contributed by atoms with Gasteiger partial charge in [-0.3, -0.25) is 4.79 Å². The van der Waals surface area contributed by atoms with E-state index in [2.05, 4.69) is 0 Å². The van der Waals surface area contributed by atoms with E-state index in [4.69, 9.17) is 32.4 Å². The summed E-state index contributed by atoms with van der Waals surface area (Å²) in [6.45, 7) is 0.197. The highest BCUT2D eigenvalue weighted by Crippen LogP contribution is 2.32. The molecule has 0 fully saturated rings. The zero-order valence-corrected chi connectivity index (χ0v) is 17.3. The van der Waals surface area contributed by atoms with Crippen molar-refractivity contribution in [2.75, 3.05) is 0 Å². The molecule has 4 aromatic rings. The molecule has 0 N–H and O–H groups in total. The monoisotopic (exact) mass is 437 g/mol. The van der Waals surface area contributed by atoms with Gasteiger partial charge in [-0.2, -0.15) is 0 Å². The minimum absolute atomic E-state index is 0.103. The Labute approximate surface area is 183 Å². The number of rotatable bonds is 7. The Morgan fingerprint density at radius 2 is 1.73 bits per heavy atom. The number of halogens is 2. The molecule has 0 aliphatic rings. The van der Waals surface area contributed by atoms with Crippen LogP contribution in [-0.4, -0.2) is 10.4 Å². The summed E-state index contributed by atoms with van der Waals surface area (Å²) in [6.07, 6.45) is 7.03. The van der Waals surface area contributed by atoms with E-state index >= 15 is 0 Å². The number of carbonyl (C=O) groups is 1. The molecule has 0 amide bonds. The summed E-state index contributed by atoms with van der Waals surface area (Å²) < 4.78 is 13.3. The number of carbonyl (C=O) groups excluding carboxylic acids is 1. The molecule has 4 nitrogen and oxygen atoms in total. The van der Waals surface area contributed by atoms with Crippen molar-refractivity contribution in [3.63, 3.8) is 0 Å². The minimum Gasteiger partial charge on any atom is -0.484 e. The van der Waals surface area contributed by atoms with Gasteiger partial charge in [-0.25, -0.2) is 0 Å². The molecule has 0 bridgehead atoms. The maximum atomic E-state index is 12.4. The molecule has 0 radical (unpaired) electrons. The van der Waals surface area contributed by atoms with E-state index in [9.17, 15) is 4.79 Å². The molecule has 0 atom stereocenters. The number of ketones is 1. The molecule has 30 heavy (non-hydrogen) atoms. The summed E-state index contributed by atoms with van der Waals surface area (Å²) >= 11 is 12.1. The van der Waals surface area contributed by atoms with Crippen molar-refractivity contribution in [3.05, 3.63) is 112 Å². The van der Waals surface area contributed by atoms with Crippen LogP contribution in [0.4, 0.5) is 0 Å². The number of nitrogens with zero attached hydrogens (tertiary/aromatic N) is 1. The molecular weight excluding hydrogens is 421 g/mol. The van der Waals surface area contributed by atoms with Crippen LogP contribution >= 0.6 is 23.2 Å². The average Bonchev–Trinajstić information content (AvgIpc) is 3.45. The molecule has 0 spiro atoms. The average molecular weight is 438 g/mol. The standard InChI is InChI=1S/C24H17Cl2NO3/c25-21-4-3-5-23(24(21)26)29-16-20-11-10-19(30-20)12-13-22(28)17-6-8-18(9-7-17)27-14-1-2-15-27/h1-15H,16H2/b13-12+. The largest absolute Gasteiger partial charge is 0.484 e. The fourth-order valence-electron chi connectivity index (χ4n) is 2.86. The van der Waals surface area contributed by atoms with Crippen LogP contribution in [0.1, 0.15) is 21.9 Å². The Morgan fingerprint density at radius 3 is 2.50 bits per heavy atom. The third-order valence-electron chi connectivity index (χ3n) is 4.42. The lowest BCUT2D eigenvalue weighted by atomic mass is 10.1. The second-order valence-corrected chi connectivity index (χ2v) is 7.26. The first-order chi connectivity index (χ1) is 14.6. The molecule has 6 heteroatoms. The molecule has 2 aromatic carbocycles. The molecule has 4 rings (SSSR count). The van der Waals surface area contributed by atoms with Crippen LogP contribution in [0.5, 0.6) is 5.75 Å². The van der Waals surface area contributed by atoms with Gasteiger partial charge in [-0.1, -0.05) is 29.3 Å². The zero-order chi connectivity index (χ0) is 20.9. The maximum Gasteiger partial charge on any atom is 0.185 e. The van der Waals surface area contributed by atoms with Crippen LogP contribution in [0.3, 0.4) is 0 Å². The summed E-state index contributed by atoms with van der Waals surface area (Å²) in [5.41, 5.74) is 1.60. The van der Waals surface area contributed by atoms with Gasteiger partial charge in [0.15, 0.2) is 5.78 Å². The lowest BCUT2D eigenvalue weighted by Gasteiger charge is -2.06. The van der Waals surface area contributed by atoms with Crippen molar-refractivity contribution in [2.24, 2.45) is 0 Å². The van der Waals surface area contributed by atoms with E-state index in [1.54, 1.807) is 48.5 Å². The van der Waals surface area contributed by atoms with Gasteiger partial charge in [0.25, 0.3) is 0 Å². The first-order valence-corrected chi connectivity index (χ1v) is 9.97. The first kappa shape index (κ1) is 20.1. The van der Waals surface area contributed by atoms with Crippen molar-refractivity contribution in [1.29, 1.82) is 0 Å². The van der Waals surface area contributed by atoms with Gasteiger partial charge in [0.2, 0.25) is 0 Å². The van der Waals surface area contributed by atoms with E-state index in [1.807, 2.05) is 41.2 Å². The molecule has 150 valence electrons. The Bertz CT molecular complexity index is 1180. The number of benzene rings is 2. The quantitative estimate of drug-likeness (QED) is 0.234. The number of aromatic nitrogens is 1. The minimum atomic E-state index is -0.103. The van der Waals surface area contributed by atoms with Gasteiger partial charge in [0.05, 0.1) is 5.02 Å². The van der Waals surface area contributed by atoms with E-state index in [-0.39, 0.29) is 12.4 Å². The fourth-order valence-corrected chi connectivity index (χ4v) is 3.21. The topological polar surface area (TPSA) is 44.4 Å². The van der Waals surface area contributed by atoms with Crippen LogP contribution in [0.25, 0.3) is 11.8 Å². The van der Waals surface area contributed by atoms with Crippen molar-refractivity contribution >= 4 is 35.1 Å². The Kier molecular flexibility index (Phi) is 6.07. The van der Waals surface area contributed by atoms with Crippen LogP contribution in [0, 0.1) is 0 Å². The highest BCUT2D eigenvalue weighted by atomic mass is 35.5. The third-order valence-corrected chi connectivity index (χ3v) is 5.22. The molecule has 0 aliphatic carbocycles. The predicted octanol–water partition coefficient (Wildman–Crippen LogP) is 6.85. The second kappa shape index (κ2) is 9.08. The highest BCUT2D eigenvalue weighted by molar-refractivity contribution is 6.42. The Hall–Kier alpha value is -3.21. The van der Waals surface area contributed by atoms with Crippen molar-refractivity contribution < 1.29 is 13.9 Å². The molecule has 0 saturated carbocycles. The summed E-state index contributed by atoms with van der Waals surface area (Å²) in [7, 11) is 0. The van der Waals surface area contributed by atoms with Crippen LogP contribution in [0.15, 0.2) is 89.6 Å². The van der Waals surface area contributed by atoms with Gasteiger partial charge < -0.3 is 13.7 Å². The molecule has 2 aromatic heterocycles. The molecule has 0 aliphatic heterocycles. The van der Waals surface area contributed by atoms with Crippen LogP contribution in [0.2, 0.25) is 10.0 Å². The summed E-state index contributed by atoms with van der Waals surface area (Å²) in [5.74, 6) is 1.54. The third kappa shape index (κ3) is 4.67. The highest BCUT2D eigenvalue weighted by Gasteiger charge is 2.08. The summed E-state index contributed by atoms with van der Waals surface area (Å²) in [6, 6.07) is 20.1. The van der Waals surface area contributed by atoms with E-state index < -0.39 is 0 Å². The van der Waals surface area contributed by atoms with E-state index in [0.29, 0.717) is 32.9 Å². The fraction of sp³-hybridized carbons (Fsp3) is 0.0417. The zero-order valence-electron chi connectivity index (χ0n) is 15.8. The Morgan fingerprint density at radius 1 is 0.967 bits per heavy atom. The number of ether oxygens (including phenoxy) is 1. The van der Waals surface area contributed by atoms with Crippen molar-refractivity contribution in [2.45, 2.75) is 6.61 Å². The second-order valence-electron chi connectivity index (χ2n) is 6.48. The molecule has 0 saturated heterocycles. The molecular formula is C24H17Cl2NO3. The van der Waals surface area contributed by atoms with Gasteiger partial charge >= 0.3 is 0 Å². The molecule has 2 heterocycles. The number of allylic oxidation sites excluding steroid dienone is 1. The number of furan rings is 1. The van der Waals surface area contributed by atoms with E-state index in [1.165, 1.54) is 6.08 Å². The van der Waals surface area contributed by atoms with Crippen LogP contribution < -0.4 is 4.74 Å². The predicted molar refractivity (Wildman–Crippen MR) is 119 cm³/mol.